The van der Waals surface area contributed by atoms with Gasteiger partial charge in [-0.1, -0.05) is 0 Å². The third kappa shape index (κ3) is 2.51. The Bertz CT molecular complexity index is 1020. The van der Waals surface area contributed by atoms with Gasteiger partial charge in [0, 0.05) is 42.1 Å². The fraction of sp³-hybridized carbons (Fsp3) is 0.333. The summed E-state index contributed by atoms with van der Waals surface area (Å²) < 4.78 is 65.9. The first-order valence-electron chi connectivity index (χ1n) is 8.12. The second-order valence-electron chi connectivity index (χ2n) is 6.70. The largest absolute Gasteiger partial charge is 0.385 e. The molecule has 0 bridgehead atoms. The molecule has 8 heteroatoms. The van der Waals surface area contributed by atoms with Gasteiger partial charge in [-0.2, -0.15) is 0 Å². The molecule has 0 unspecified atom stereocenters. The number of aliphatic hydroxyl groups is 1. The van der Waals surface area contributed by atoms with Gasteiger partial charge in [0.1, 0.15) is 23.9 Å². The summed E-state index contributed by atoms with van der Waals surface area (Å²) in [4.78, 5) is 1.53. The number of fused-ring (bicyclic) bond motifs is 2. The fourth-order valence-corrected chi connectivity index (χ4v) is 4.87. The Hall–Kier alpha value is -2.06. The highest BCUT2D eigenvalue weighted by molar-refractivity contribution is 7.90. The number of benzene rings is 2. The Labute approximate surface area is 148 Å². The van der Waals surface area contributed by atoms with Crippen LogP contribution in [0.15, 0.2) is 29.2 Å². The molecule has 2 aliphatic rings. The number of anilines is 2. The third-order valence-corrected chi connectivity index (χ3v) is 6.19. The number of aliphatic hydroxyl groups excluding tert-OH is 1. The molecule has 0 saturated heterocycles. The van der Waals surface area contributed by atoms with E-state index in [0.29, 0.717) is 35.5 Å². The second-order valence-corrected chi connectivity index (χ2v) is 8.68. The van der Waals surface area contributed by atoms with E-state index in [4.69, 9.17) is 0 Å². The van der Waals surface area contributed by atoms with Gasteiger partial charge >= 0.3 is 0 Å². The maximum absolute atomic E-state index is 14.2. The average molecular weight is 383 g/mol. The molecule has 4 nitrogen and oxygen atoms in total. The zero-order valence-electron chi connectivity index (χ0n) is 13.8. The van der Waals surface area contributed by atoms with Gasteiger partial charge in [0.25, 0.3) is 0 Å². The van der Waals surface area contributed by atoms with E-state index in [-0.39, 0.29) is 16.9 Å². The minimum absolute atomic E-state index is 0.0443. The fourth-order valence-electron chi connectivity index (χ4n) is 3.91. The molecule has 1 N–H and O–H groups in total. The summed E-state index contributed by atoms with van der Waals surface area (Å²) >= 11 is 0. The predicted octanol–water partition coefficient (Wildman–Crippen LogP) is 2.99. The van der Waals surface area contributed by atoms with Crippen LogP contribution in [0.4, 0.5) is 24.5 Å². The average Bonchev–Trinajstić information content (AvgIpc) is 3.08. The zero-order valence-corrected chi connectivity index (χ0v) is 14.7. The van der Waals surface area contributed by atoms with E-state index >= 15 is 0 Å². The van der Waals surface area contributed by atoms with Gasteiger partial charge in [-0.3, -0.25) is 0 Å². The number of rotatable bonds is 2. The molecule has 0 saturated carbocycles. The molecule has 0 spiro atoms. The summed E-state index contributed by atoms with van der Waals surface area (Å²) in [6, 6.07) is 4.86. The van der Waals surface area contributed by atoms with Crippen molar-refractivity contribution in [3.63, 3.8) is 0 Å². The number of nitrogens with zero attached hydrogens (tertiary/aromatic N) is 1. The van der Waals surface area contributed by atoms with Gasteiger partial charge in [-0.05, 0) is 30.2 Å². The summed E-state index contributed by atoms with van der Waals surface area (Å²) in [5.74, 6) is -1.36. The number of hydrogen-bond acceptors (Lipinski definition) is 4. The molecular formula is C18H16F3NO3S. The van der Waals surface area contributed by atoms with E-state index in [2.05, 4.69) is 0 Å². The van der Waals surface area contributed by atoms with Crippen LogP contribution in [-0.2, 0) is 22.7 Å². The highest BCUT2D eigenvalue weighted by atomic mass is 32.2. The summed E-state index contributed by atoms with van der Waals surface area (Å²) in [5, 5.41) is 10.2. The van der Waals surface area contributed by atoms with Gasteiger partial charge in [0.05, 0.1) is 10.6 Å². The Morgan fingerprint density at radius 3 is 2.58 bits per heavy atom. The topological polar surface area (TPSA) is 57.6 Å². The van der Waals surface area contributed by atoms with Crippen molar-refractivity contribution >= 4 is 21.2 Å². The van der Waals surface area contributed by atoms with Crippen molar-refractivity contribution in [3.8, 4) is 0 Å². The number of sulfone groups is 1. The first-order valence-corrected chi connectivity index (χ1v) is 10.0. The maximum Gasteiger partial charge on any atom is 0.175 e. The van der Waals surface area contributed by atoms with Gasteiger partial charge in [-0.15, -0.1) is 0 Å². The number of hydrogen-bond donors (Lipinski definition) is 1. The van der Waals surface area contributed by atoms with E-state index in [1.807, 2.05) is 0 Å². The predicted molar refractivity (Wildman–Crippen MR) is 90.2 cm³/mol. The minimum Gasteiger partial charge on any atom is -0.385 e. The van der Waals surface area contributed by atoms with Crippen LogP contribution < -0.4 is 4.90 Å². The van der Waals surface area contributed by atoms with Crippen LogP contribution in [0.1, 0.15) is 22.8 Å². The first-order chi connectivity index (χ1) is 12.2. The first kappa shape index (κ1) is 17.4. The lowest BCUT2D eigenvalue weighted by Gasteiger charge is -2.24. The third-order valence-electron chi connectivity index (χ3n) is 5.03. The van der Waals surface area contributed by atoms with E-state index < -0.39 is 33.7 Å². The summed E-state index contributed by atoms with van der Waals surface area (Å²) in [5.41, 5.74) is 1.58. The van der Waals surface area contributed by atoms with Crippen LogP contribution in [0.25, 0.3) is 0 Å². The monoisotopic (exact) mass is 383 g/mol. The molecule has 1 heterocycles. The highest BCUT2D eigenvalue weighted by Crippen LogP contribution is 2.46. The van der Waals surface area contributed by atoms with Crippen molar-refractivity contribution in [2.24, 2.45) is 0 Å². The molecule has 2 aromatic carbocycles. The Kier molecular flexibility index (Phi) is 3.82. The van der Waals surface area contributed by atoms with Gasteiger partial charge < -0.3 is 10.0 Å². The molecule has 0 fully saturated rings. The van der Waals surface area contributed by atoms with Crippen molar-refractivity contribution in [2.45, 2.75) is 30.0 Å². The van der Waals surface area contributed by atoms with Crippen molar-refractivity contribution in [3.05, 3.63) is 52.6 Å². The van der Waals surface area contributed by atoms with Crippen molar-refractivity contribution in [1.29, 1.82) is 0 Å². The van der Waals surface area contributed by atoms with Gasteiger partial charge in [0.2, 0.25) is 0 Å². The van der Waals surface area contributed by atoms with E-state index in [0.717, 1.165) is 12.3 Å². The normalized spacial score (nSPS) is 21.8. The molecular weight excluding hydrogens is 367 g/mol. The molecule has 1 aliphatic carbocycles. The second kappa shape index (κ2) is 5.72. The van der Waals surface area contributed by atoms with Crippen LogP contribution in [0.3, 0.4) is 0 Å². The van der Waals surface area contributed by atoms with Crippen molar-refractivity contribution in [2.75, 3.05) is 17.7 Å². The number of alkyl halides is 1. The zero-order chi connectivity index (χ0) is 18.8. The molecule has 2 aromatic rings. The maximum atomic E-state index is 14.2. The minimum atomic E-state index is -3.66. The number of halogens is 3. The Morgan fingerprint density at radius 1 is 1.15 bits per heavy atom. The van der Waals surface area contributed by atoms with Gasteiger partial charge in [-0.25, -0.2) is 21.6 Å². The van der Waals surface area contributed by atoms with Crippen LogP contribution in [-0.4, -0.2) is 32.5 Å². The Morgan fingerprint density at radius 2 is 1.88 bits per heavy atom. The smallest absolute Gasteiger partial charge is 0.175 e. The molecule has 1 aliphatic heterocycles. The summed E-state index contributed by atoms with van der Waals surface area (Å²) in [6.45, 7) is 0.355. The SMILES string of the molecule is CS(=O)(=O)c1ccc(N2CCc3c(F)cc(F)cc32)c2c1[C@H](O)[C@@H](F)C2. The van der Waals surface area contributed by atoms with Crippen LogP contribution in [0, 0.1) is 11.6 Å². The summed E-state index contributed by atoms with van der Waals surface area (Å²) in [7, 11) is -3.66. The molecule has 4 rings (SSSR count). The van der Waals surface area contributed by atoms with E-state index in [1.165, 1.54) is 18.2 Å². The molecule has 0 amide bonds. The van der Waals surface area contributed by atoms with E-state index in [9.17, 15) is 26.7 Å². The van der Waals surface area contributed by atoms with Crippen LogP contribution in [0.5, 0.6) is 0 Å². The van der Waals surface area contributed by atoms with Crippen molar-refractivity contribution in [1.82, 2.24) is 0 Å². The van der Waals surface area contributed by atoms with Crippen LogP contribution >= 0.6 is 0 Å². The van der Waals surface area contributed by atoms with Crippen molar-refractivity contribution < 1.29 is 26.7 Å². The Balaban J connectivity index is 1.92. The lowest BCUT2D eigenvalue weighted by atomic mass is 10.1. The quantitative estimate of drug-likeness (QED) is 0.866. The molecule has 0 aromatic heterocycles. The molecule has 138 valence electrons. The molecule has 0 radical (unpaired) electrons. The lowest BCUT2D eigenvalue weighted by molar-refractivity contribution is 0.0907. The lowest BCUT2D eigenvalue weighted by Crippen LogP contribution is -2.16. The van der Waals surface area contributed by atoms with E-state index in [1.54, 1.807) is 4.90 Å². The highest BCUT2D eigenvalue weighted by Gasteiger charge is 2.39. The van der Waals surface area contributed by atoms with Gasteiger partial charge in [0.15, 0.2) is 9.84 Å². The summed E-state index contributed by atoms with van der Waals surface area (Å²) in [6.07, 6.45) is -1.97. The van der Waals surface area contributed by atoms with Crippen LogP contribution in [0.2, 0.25) is 0 Å². The molecule has 2 atom stereocenters. The standard InChI is InChI=1S/C18H16F3NO3S/c1-26(24,25)16-3-2-14(11-8-13(21)18(23)17(11)16)22-5-4-10-12(20)6-9(19)7-15(10)22/h2-3,6-7,13,18,23H,4-5,8H2,1H3/t13-,18+/m0/s1. The molecule has 26 heavy (non-hydrogen) atoms.